The van der Waals surface area contributed by atoms with Gasteiger partial charge in [-0.05, 0) is 44.9 Å². The van der Waals surface area contributed by atoms with E-state index >= 15 is 0 Å². The van der Waals surface area contributed by atoms with Gasteiger partial charge in [-0.2, -0.15) is 4.31 Å². The van der Waals surface area contributed by atoms with Crippen LogP contribution in [0.3, 0.4) is 0 Å². The molecule has 2 atom stereocenters. The molecule has 1 aromatic carbocycles. The Kier molecular flexibility index (Phi) is 7.15. The highest BCUT2D eigenvalue weighted by atomic mass is 32.2. The maximum atomic E-state index is 13.0. The van der Waals surface area contributed by atoms with Gasteiger partial charge in [-0.15, -0.1) is 0 Å². The summed E-state index contributed by atoms with van der Waals surface area (Å²) < 4.78 is 38.4. The van der Waals surface area contributed by atoms with Crippen LogP contribution in [-0.2, 0) is 14.8 Å². The molecule has 2 saturated heterocycles. The van der Waals surface area contributed by atoms with Gasteiger partial charge in [-0.25, -0.2) is 8.42 Å². The molecule has 0 bridgehead atoms. The average molecular weight is 426 g/mol. The van der Waals surface area contributed by atoms with E-state index in [1.54, 1.807) is 12.1 Å². The van der Waals surface area contributed by atoms with E-state index in [0.717, 1.165) is 32.5 Å². The molecule has 0 aromatic heterocycles. The lowest BCUT2D eigenvalue weighted by molar-refractivity contribution is -0.0672. The molecule has 29 heavy (non-hydrogen) atoms. The van der Waals surface area contributed by atoms with Crippen LogP contribution in [0.25, 0.3) is 0 Å². The van der Waals surface area contributed by atoms with Crippen molar-refractivity contribution in [3.63, 3.8) is 0 Å². The molecule has 1 aromatic rings. The molecule has 2 heterocycles. The first kappa shape index (κ1) is 22.0. The van der Waals surface area contributed by atoms with Crippen LogP contribution in [0, 0.1) is 0 Å². The summed E-state index contributed by atoms with van der Waals surface area (Å²) >= 11 is 0. The summed E-state index contributed by atoms with van der Waals surface area (Å²) in [5.41, 5.74) is 0.312. The largest absolute Gasteiger partial charge is 0.495 e. The summed E-state index contributed by atoms with van der Waals surface area (Å²) in [5.74, 6) is -0.0374. The van der Waals surface area contributed by atoms with Crippen molar-refractivity contribution in [1.82, 2.24) is 14.5 Å². The highest BCUT2D eigenvalue weighted by Crippen LogP contribution is 2.29. The first-order valence-corrected chi connectivity index (χ1v) is 11.6. The highest BCUT2D eigenvalue weighted by molar-refractivity contribution is 7.89. The Morgan fingerprint density at radius 3 is 2.48 bits per heavy atom. The number of nitrogens with zero attached hydrogens (tertiary/aromatic N) is 2. The van der Waals surface area contributed by atoms with E-state index in [1.165, 1.54) is 17.5 Å². The summed E-state index contributed by atoms with van der Waals surface area (Å²) in [5, 5.41) is 2.89. The van der Waals surface area contributed by atoms with Crippen molar-refractivity contribution in [3.05, 3.63) is 23.8 Å². The Morgan fingerprint density at radius 1 is 1.21 bits per heavy atom. The van der Waals surface area contributed by atoms with Gasteiger partial charge in [0.25, 0.3) is 5.91 Å². The van der Waals surface area contributed by atoms with Crippen molar-refractivity contribution < 1.29 is 22.7 Å². The molecule has 1 N–H and O–H groups in total. The Bertz CT molecular complexity index is 813. The number of nitrogens with one attached hydrogen (secondary N) is 1. The second-order valence-corrected chi connectivity index (χ2v) is 9.66. The number of sulfonamides is 1. The molecule has 162 valence electrons. The van der Waals surface area contributed by atoms with Crippen molar-refractivity contribution >= 4 is 15.9 Å². The maximum absolute atomic E-state index is 13.0. The van der Waals surface area contributed by atoms with Gasteiger partial charge in [-0.1, -0.05) is 0 Å². The highest BCUT2D eigenvalue weighted by Gasteiger charge is 2.30. The quantitative estimate of drug-likeness (QED) is 0.709. The van der Waals surface area contributed by atoms with E-state index in [2.05, 4.69) is 10.2 Å². The molecule has 8 nitrogen and oxygen atoms in total. The van der Waals surface area contributed by atoms with Crippen LogP contribution in [0.1, 0.15) is 37.0 Å². The Morgan fingerprint density at radius 2 is 1.86 bits per heavy atom. The molecule has 3 rings (SSSR count). The zero-order valence-corrected chi connectivity index (χ0v) is 18.2. The molecular weight excluding hydrogens is 394 g/mol. The van der Waals surface area contributed by atoms with Gasteiger partial charge in [-0.3, -0.25) is 9.69 Å². The molecule has 0 saturated carbocycles. The van der Waals surface area contributed by atoms with E-state index in [1.807, 2.05) is 13.8 Å². The summed E-state index contributed by atoms with van der Waals surface area (Å²) in [6, 6.07) is 4.56. The molecular formula is C20H31N3O5S. The van der Waals surface area contributed by atoms with E-state index in [0.29, 0.717) is 25.2 Å². The number of ether oxygens (including phenoxy) is 2. The Labute approximate surface area is 173 Å². The number of carbonyl (C=O) groups excluding carboxylic acids is 1. The average Bonchev–Trinajstić information content (AvgIpc) is 3.22. The van der Waals surface area contributed by atoms with Gasteiger partial charge in [0.2, 0.25) is 10.0 Å². The number of amides is 1. The number of hydrogen-bond donors (Lipinski definition) is 1. The van der Waals surface area contributed by atoms with Crippen LogP contribution in [-0.4, -0.2) is 82.1 Å². The van der Waals surface area contributed by atoms with E-state index in [-0.39, 0.29) is 28.8 Å². The normalized spacial score (nSPS) is 23.8. The number of methoxy groups -OCH3 is 1. The Hall–Kier alpha value is -1.68. The van der Waals surface area contributed by atoms with E-state index in [9.17, 15) is 13.2 Å². The minimum atomic E-state index is -3.68. The number of morpholine rings is 1. The van der Waals surface area contributed by atoms with Crippen LogP contribution < -0.4 is 10.1 Å². The molecule has 0 radical (unpaired) electrons. The fourth-order valence-electron chi connectivity index (χ4n) is 3.98. The SMILES string of the molecule is COc1ccc(C(=O)NCCN2C[C@@H](C)O[C@@H](C)C2)cc1S(=O)(=O)N1CCCC1. The first-order chi connectivity index (χ1) is 13.8. The van der Waals surface area contributed by atoms with Crippen molar-refractivity contribution in [2.45, 2.75) is 43.8 Å². The predicted octanol–water partition coefficient (Wildman–Crippen LogP) is 1.32. The van der Waals surface area contributed by atoms with Crippen LogP contribution in [0.5, 0.6) is 5.75 Å². The molecule has 0 aliphatic carbocycles. The smallest absolute Gasteiger partial charge is 0.251 e. The summed E-state index contributed by atoms with van der Waals surface area (Å²) in [7, 11) is -2.25. The second kappa shape index (κ2) is 9.42. The number of rotatable bonds is 7. The van der Waals surface area contributed by atoms with Crippen LogP contribution in [0.4, 0.5) is 0 Å². The van der Waals surface area contributed by atoms with Crippen LogP contribution >= 0.6 is 0 Å². The van der Waals surface area contributed by atoms with Gasteiger partial charge >= 0.3 is 0 Å². The van der Waals surface area contributed by atoms with Crippen molar-refractivity contribution in [1.29, 1.82) is 0 Å². The minimum Gasteiger partial charge on any atom is -0.495 e. The minimum absolute atomic E-state index is 0.0466. The molecule has 1 amide bonds. The van der Waals surface area contributed by atoms with Crippen molar-refractivity contribution in [2.75, 3.05) is 46.4 Å². The third-order valence-electron chi connectivity index (χ3n) is 5.32. The number of hydrogen-bond acceptors (Lipinski definition) is 6. The lowest BCUT2D eigenvalue weighted by Gasteiger charge is -2.35. The lowest BCUT2D eigenvalue weighted by Crippen LogP contribution is -2.47. The molecule has 0 spiro atoms. The zero-order valence-electron chi connectivity index (χ0n) is 17.4. The van der Waals surface area contributed by atoms with Gasteiger partial charge in [0.05, 0.1) is 19.3 Å². The number of carbonyl (C=O) groups is 1. The van der Waals surface area contributed by atoms with Crippen molar-refractivity contribution in [2.24, 2.45) is 0 Å². The summed E-state index contributed by atoms with van der Waals surface area (Å²) in [6.45, 7) is 7.96. The molecule has 2 aliphatic heterocycles. The molecule has 0 unspecified atom stereocenters. The topological polar surface area (TPSA) is 88.2 Å². The van der Waals surface area contributed by atoms with E-state index in [4.69, 9.17) is 9.47 Å². The lowest BCUT2D eigenvalue weighted by atomic mass is 10.2. The molecule has 2 aliphatic rings. The maximum Gasteiger partial charge on any atom is 0.251 e. The fraction of sp³-hybridized carbons (Fsp3) is 0.650. The van der Waals surface area contributed by atoms with Gasteiger partial charge in [0, 0.05) is 44.8 Å². The van der Waals surface area contributed by atoms with E-state index < -0.39 is 10.0 Å². The molecule has 2 fully saturated rings. The summed E-state index contributed by atoms with van der Waals surface area (Å²) in [4.78, 5) is 14.9. The number of benzene rings is 1. The summed E-state index contributed by atoms with van der Waals surface area (Å²) in [6.07, 6.45) is 2.05. The van der Waals surface area contributed by atoms with Crippen LogP contribution in [0.2, 0.25) is 0 Å². The van der Waals surface area contributed by atoms with Gasteiger partial charge in [0.1, 0.15) is 10.6 Å². The molecule has 9 heteroatoms. The first-order valence-electron chi connectivity index (χ1n) is 10.2. The van der Waals surface area contributed by atoms with Crippen molar-refractivity contribution in [3.8, 4) is 5.75 Å². The Balaban J connectivity index is 1.66. The second-order valence-electron chi connectivity index (χ2n) is 7.75. The third-order valence-corrected chi connectivity index (χ3v) is 7.24. The monoisotopic (exact) mass is 425 g/mol. The third kappa shape index (κ3) is 5.28. The van der Waals surface area contributed by atoms with Gasteiger partial charge < -0.3 is 14.8 Å². The predicted molar refractivity (Wildman–Crippen MR) is 110 cm³/mol. The zero-order chi connectivity index (χ0) is 21.0. The standard InChI is InChI=1S/C20H31N3O5S/c1-15-13-22(14-16(2)28-15)11-8-21-20(24)17-6-7-18(27-3)19(12-17)29(25,26)23-9-4-5-10-23/h6-7,12,15-16H,4-5,8-11,13-14H2,1-3H3,(H,21,24)/t15-,16+. The van der Waals surface area contributed by atoms with Gasteiger partial charge in [0.15, 0.2) is 0 Å². The van der Waals surface area contributed by atoms with Crippen LogP contribution in [0.15, 0.2) is 23.1 Å². The fourth-order valence-corrected chi connectivity index (χ4v) is 5.68.